The first-order valence-electron chi connectivity index (χ1n) is 11.9. The molecule has 4 aliphatic rings. The summed E-state index contributed by atoms with van der Waals surface area (Å²) in [4.78, 5) is 37.4. The Morgan fingerprint density at radius 3 is 2.47 bits per heavy atom. The van der Waals surface area contributed by atoms with Gasteiger partial charge in [0, 0.05) is 18.8 Å². The first kappa shape index (κ1) is 21.8. The van der Waals surface area contributed by atoms with Crippen LogP contribution in [-0.2, 0) is 23.9 Å². The van der Waals surface area contributed by atoms with Gasteiger partial charge in [-0.15, -0.1) is 0 Å². The average molecular weight is 419 g/mol. The second-order valence-corrected chi connectivity index (χ2v) is 11.1. The molecule has 0 heterocycles. The van der Waals surface area contributed by atoms with Crippen LogP contribution in [0.4, 0.5) is 0 Å². The van der Waals surface area contributed by atoms with E-state index in [0.717, 1.165) is 44.9 Å². The minimum absolute atomic E-state index is 0.0402. The summed E-state index contributed by atoms with van der Waals surface area (Å²) < 4.78 is 10.6. The van der Waals surface area contributed by atoms with E-state index in [2.05, 4.69) is 13.8 Å². The van der Waals surface area contributed by atoms with Gasteiger partial charge in [0.25, 0.3) is 0 Å². The van der Waals surface area contributed by atoms with Gasteiger partial charge in [-0.05, 0) is 80.0 Å². The van der Waals surface area contributed by atoms with Gasteiger partial charge >= 0.3 is 11.9 Å². The van der Waals surface area contributed by atoms with E-state index >= 15 is 0 Å². The van der Waals surface area contributed by atoms with Crippen molar-refractivity contribution in [3.8, 4) is 0 Å². The molecule has 9 atom stereocenters. The molecule has 168 valence electrons. The molecule has 0 aromatic rings. The maximum Gasteiger partial charge on any atom is 0.308 e. The lowest BCUT2D eigenvalue weighted by Crippen LogP contribution is -2.57. The molecule has 5 heteroatoms. The van der Waals surface area contributed by atoms with Crippen LogP contribution in [0.2, 0.25) is 0 Å². The number of rotatable bonds is 3. The van der Waals surface area contributed by atoms with Crippen LogP contribution in [-0.4, -0.2) is 30.9 Å². The fourth-order valence-corrected chi connectivity index (χ4v) is 8.45. The molecule has 0 amide bonds. The number of carbonyl (C=O) groups is 3. The maximum atomic E-state index is 13.7. The fourth-order valence-electron chi connectivity index (χ4n) is 8.45. The third kappa shape index (κ3) is 3.14. The minimum atomic E-state index is -0.396. The van der Waals surface area contributed by atoms with E-state index in [-0.39, 0.29) is 35.3 Å². The van der Waals surface area contributed by atoms with Gasteiger partial charge in [-0.3, -0.25) is 14.4 Å². The van der Waals surface area contributed by atoms with Crippen LogP contribution in [0.1, 0.15) is 79.1 Å². The number of ether oxygens (including phenoxy) is 2. The van der Waals surface area contributed by atoms with Gasteiger partial charge in [-0.25, -0.2) is 0 Å². The molecule has 0 N–H and O–H groups in total. The van der Waals surface area contributed by atoms with E-state index in [1.54, 1.807) is 0 Å². The molecule has 0 radical (unpaired) electrons. The van der Waals surface area contributed by atoms with Crippen molar-refractivity contribution in [3.05, 3.63) is 0 Å². The molecule has 0 aromatic carbocycles. The van der Waals surface area contributed by atoms with E-state index in [9.17, 15) is 14.4 Å². The number of fused-ring (bicyclic) bond motifs is 5. The molecule has 0 bridgehead atoms. The second-order valence-electron chi connectivity index (χ2n) is 11.1. The molecule has 0 aliphatic heterocycles. The first-order chi connectivity index (χ1) is 14.1. The molecule has 4 saturated carbocycles. The van der Waals surface area contributed by atoms with Crippen LogP contribution in [0, 0.1) is 46.3 Å². The predicted octanol–water partition coefficient (Wildman–Crippen LogP) is 4.57. The zero-order valence-electron chi connectivity index (χ0n) is 19.2. The average Bonchev–Trinajstić information content (AvgIpc) is 3.06. The Balaban J connectivity index is 1.57. The van der Waals surface area contributed by atoms with Crippen LogP contribution in [0.5, 0.6) is 0 Å². The van der Waals surface area contributed by atoms with Gasteiger partial charge in [-0.2, -0.15) is 0 Å². The van der Waals surface area contributed by atoms with E-state index < -0.39 is 5.41 Å². The lowest BCUT2D eigenvalue weighted by Gasteiger charge is -2.60. The molecule has 8 unspecified atom stereocenters. The van der Waals surface area contributed by atoms with Gasteiger partial charge in [0.05, 0.1) is 13.0 Å². The van der Waals surface area contributed by atoms with Crippen molar-refractivity contribution in [3.63, 3.8) is 0 Å². The highest BCUT2D eigenvalue weighted by molar-refractivity contribution is 5.88. The molecule has 30 heavy (non-hydrogen) atoms. The minimum Gasteiger partial charge on any atom is -0.469 e. The van der Waals surface area contributed by atoms with Crippen molar-refractivity contribution in [2.24, 2.45) is 46.3 Å². The monoisotopic (exact) mass is 418 g/mol. The summed E-state index contributed by atoms with van der Waals surface area (Å²) in [5.41, 5.74) is -0.241. The number of ketones is 1. The molecule has 0 saturated heterocycles. The Morgan fingerprint density at radius 1 is 1.07 bits per heavy atom. The normalized spacial score (nSPS) is 46.2. The van der Waals surface area contributed by atoms with Gasteiger partial charge in [0.1, 0.15) is 11.9 Å². The van der Waals surface area contributed by atoms with Crippen molar-refractivity contribution in [1.29, 1.82) is 0 Å². The number of methoxy groups -OCH3 is 1. The molecule has 4 rings (SSSR count). The Bertz CT molecular complexity index is 731. The van der Waals surface area contributed by atoms with Gasteiger partial charge < -0.3 is 9.47 Å². The topological polar surface area (TPSA) is 69.7 Å². The van der Waals surface area contributed by atoms with Crippen molar-refractivity contribution in [2.75, 3.05) is 7.11 Å². The molecule has 4 aliphatic carbocycles. The Hall–Kier alpha value is -1.39. The number of hydrogen-bond acceptors (Lipinski definition) is 5. The van der Waals surface area contributed by atoms with Crippen LogP contribution in [0.25, 0.3) is 0 Å². The third-order valence-electron chi connectivity index (χ3n) is 10.1. The van der Waals surface area contributed by atoms with Crippen LogP contribution >= 0.6 is 0 Å². The van der Waals surface area contributed by atoms with Crippen LogP contribution in [0.15, 0.2) is 0 Å². The van der Waals surface area contributed by atoms with Crippen molar-refractivity contribution in [1.82, 2.24) is 0 Å². The van der Waals surface area contributed by atoms with E-state index in [1.807, 2.05) is 6.92 Å². The summed E-state index contributed by atoms with van der Waals surface area (Å²) in [5.74, 6) is 1.77. The lowest BCUT2D eigenvalue weighted by atomic mass is 9.44. The maximum absolute atomic E-state index is 13.7. The molecule has 0 aromatic heterocycles. The first-order valence-corrected chi connectivity index (χ1v) is 11.9. The lowest BCUT2D eigenvalue weighted by molar-refractivity contribution is -0.168. The zero-order chi connectivity index (χ0) is 21.8. The molecule has 0 spiro atoms. The van der Waals surface area contributed by atoms with Crippen molar-refractivity contribution < 1.29 is 23.9 Å². The van der Waals surface area contributed by atoms with Crippen molar-refractivity contribution >= 4 is 17.7 Å². The van der Waals surface area contributed by atoms with E-state index in [1.165, 1.54) is 14.0 Å². The predicted molar refractivity (Wildman–Crippen MR) is 112 cm³/mol. The second kappa shape index (κ2) is 7.63. The highest BCUT2D eigenvalue weighted by atomic mass is 16.5. The Kier molecular flexibility index (Phi) is 5.55. The SMILES string of the molecule is COC(=O)C(C)C1CCC2C3CCC4C[C@H](OC(C)=O)CCC4(C)C3CC(=O)C12C. The highest BCUT2D eigenvalue weighted by Crippen LogP contribution is 2.67. The number of esters is 2. The Labute approximate surface area is 180 Å². The summed E-state index contributed by atoms with van der Waals surface area (Å²) in [6.07, 6.45) is 7.89. The van der Waals surface area contributed by atoms with E-state index in [0.29, 0.717) is 35.9 Å². The standard InChI is InChI=1S/C25H38O5/c1-14(23(28)29-5)19-8-9-20-18-7-6-16-12-17(30-15(2)26)10-11-24(16,3)21(18)13-22(27)25(19,20)4/h14,16-21H,6-13H2,1-5H3/t14?,16?,17-,18?,19?,20?,21?,24?,25?/m1/s1. The summed E-state index contributed by atoms with van der Waals surface area (Å²) in [5, 5.41) is 0. The molecule has 5 nitrogen and oxygen atoms in total. The van der Waals surface area contributed by atoms with Gasteiger partial charge in [0.2, 0.25) is 0 Å². The third-order valence-corrected chi connectivity index (χ3v) is 10.1. The smallest absolute Gasteiger partial charge is 0.308 e. The molecular weight excluding hydrogens is 380 g/mol. The Morgan fingerprint density at radius 2 is 1.80 bits per heavy atom. The summed E-state index contributed by atoms with van der Waals surface area (Å²) >= 11 is 0. The van der Waals surface area contributed by atoms with Crippen molar-refractivity contribution in [2.45, 2.75) is 85.2 Å². The fraction of sp³-hybridized carbons (Fsp3) is 0.880. The number of carbonyl (C=O) groups excluding carboxylic acids is 3. The summed E-state index contributed by atoms with van der Waals surface area (Å²) in [6, 6.07) is 0. The van der Waals surface area contributed by atoms with Gasteiger partial charge in [0.15, 0.2) is 0 Å². The number of Topliss-reactive ketones (excluding diaryl/α,β-unsaturated/α-hetero) is 1. The number of hydrogen-bond donors (Lipinski definition) is 0. The summed E-state index contributed by atoms with van der Waals surface area (Å²) in [6.45, 7) is 7.99. The van der Waals surface area contributed by atoms with Crippen LogP contribution in [0.3, 0.4) is 0 Å². The van der Waals surface area contributed by atoms with Gasteiger partial charge in [-0.1, -0.05) is 20.8 Å². The van der Waals surface area contributed by atoms with E-state index in [4.69, 9.17) is 9.47 Å². The van der Waals surface area contributed by atoms with Crippen LogP contribution < -0.4 is 0 Å². The molecule has 4 fully saturated rings. The summed E-state index contributed by atoms with van der Waals surface area (Å²) in [7, 11) is 1.45. The molecular formula is C25H38O5. The quantitative estimate of drug-likeness (QED) is 0.628. The largest absolute Gasteiger partial charge is 0.469 e. The zero-order valence-corrected chi connectivity index (χ0v) is 19.2. The highest BCUT2D eigenvalue weighted by Gasteiger charge is 2.64.